The topological polar surface area (TPSA) is 78.8 Å². The van der Waals surface area contributed by atoms with Crippen LogP contribution >= 0.6 is 0 Å². The molecule has 0 aromatic heterocycles. The second kappa shape index (κ2) is 6.04. The first kappa shape index (κ1) is 13.8. The fourth-order valence-electron chi connectivity index (χ4n) is 2.06. The fraction of sp³-hybridized carbons (Fsp3) is 0.500. The molecule has 0 radical (unpaired) electrons. The number of aromatic hydroxyl groups is 1. The van der Waals surface area contributed by atoms with Gasteiger partial charge in [0.2, 0.25) is 5.91 Å². The summed E-state index contributed by atoms with van der Waals surface area (Å²) in [6, 6.07) is 6.97. The van der Waals surface area contributed by atoms with E-state index in [1.807, 2.05) is 6.07 Å². The van der Waals surface area contributed by atoms with E-state index < -0.39 is 5.60 Å². The zero-order valence-electron chi connectivity index (χ0n) is 10.8. The highest BCUT2D eigenvalue weighted by Crippen LogP contribution is 2.18. The molecule has 5 nitrogen and oxygen atoms in total. The lowest BCUT2D eigenvalue weighted by atomic mass is 10.0. The molecule has 5 heteroatoms. The highest BCUT2D eigenvalue weighted by Gasteiger charge is 2.32. The van der Waals surface area contributed by atoms with Gasteiger partial charge in [-0.15, -0.1) is 0 Å². The maximum absolute atomic E-state index is 11.7. The van der Waals surface area contributed by atoms with Crippen molar-refractivity contribution in [1.82, 2.24) is 5.32 Å². The van der Waals surface area contributed by atoms with Gasteiger partial charge in [0.15, 0.2) is 0 Å². The van der Waals surface area contributed by atoms with Gasteiger partial charge in [-0.3, -0.25) is 4.79 Å². The van der Waals surface area contributed by atoms with Gasteiger partial charge in [0, 0.05) is 26.0 Å². The van der Waals surface area contributed by atoms with Crippen LogP contribution in [0.4, 0.5) is 0 Å². The molecule has 2 rings (SSSR count). The maximum Gasteiger partial charge on any atom is 0.220 e. The molecule has 3 N–H and O–H groups in total. The average molecular weight is 265 g/mol. The highest BCUT2D eigenvalue weighted by atomic mass is 16.5. The van der Waals surface area contributed by atoms with Crippen LogP contribution in [0.3, 0.4) is 0 Å². The third-order valence-corrected chi connectivity index (χ3v) is 3.31. The normalized spacial score (nSPS) is 22.4. The minimum absolute atomic E-state index is 0.136. The Labute approximate surface area is 112 Å². The van der Waals surface area contributed by atoms with Gasteiger partial charge >= 0.3 is 0 Å². The Balaban J connectivity index is 1.74. The predicted molar refractivity (Wildman–Crippen MR) is 69.8 cm³/mol. The summed E-state index contributed by atoms with van der Waals surface area (Å²) in [5.41, 5.74) is -0.176. The number of rotatable bonds is 5. The van der Waals surface area contributed by atoms with Gasteiger partial charge in [0.05, 0.1) is 6.61 Å². The summed E-state index contributed by atoms with van der Waals surface area (Å²) in [6.07, 6.45) is 1.31. The molecule has 0 bridgehead atoms. The number of ether oxygens (including phenoxy) is 1. The summed E-state index contributed by atoms with van der Waals surface area (Å²) in [6.45, 7) is 1.02. The molecule has 19 heavy (non-hydrogen) atoms. The number of phenols is 1. The van der Waals surface area contributed by atoms with Crippen LogP contribution < -0.4 is 5.32 Å². The molecule has 1 amide bonds. The zero-order valence-corrected chi connectivity index (χ0v) is 10.8. The van der Waals surface area contributed by atoms with Gasteiger partial charge in [-0.05, 0) is 18.1 Å². The molecule has 1 unspecified atom stereocenters. The van der Waals surface area contributed by atoms with E-state index in [9.17, 15) is 15.0 Å². The highest BCUT2D eigenvalue weighted by molar-refractivity contribution is 5.76. The van der Waals surface area contributed by atoms with Crippen molar-refractivity contribution in [2.45, 2.75) is 24.9 Å². The van der Waals surface area contributed by atoms with Gasteiger partial charge < -0.3 is 20.3 Å². The van der Waals surface area contributed by atoms with Crippen molar-refractivity contribution in [1.29, 1.82) is 0 Å². The Hall–Kier alpha value is -1.59. The summed E-state index contributed by atoms with van der Waals surface area (Å²) < 4.78 is 5.10. The lowest BCUT2D eigenvalue weighted by Gasteiger charge is -2.20. The van der Waals surface area contributed by atoms with Gasteiger partial charge in [-0.2, -0.15) is 0 Å². The molecule has 0 saturated carbocycles. The Morgan fingerprint density at radius 2 is 2.21 bits per heavy atom. The molecule has 1 saturated heterocycles. The summed E-state index contributed by atoms with van der Waals surface area (Å²) in [7, 11) is 0. The van der Waals surface area contributed by atoms with E-state index in [4.69, 9.17) is 4.74 Å². The first-order valence-electron chi connectivity index (χ1n) is 6.43. The van der Waals surface area contributed by atoms with Crippen LogP contribution in [0.15, 0.2) is 24.3 Å². The number of aryl methyl sites for hydroxylation is 1. The summed E-state index contributed by atoms with van der Waals surface area (Å²) >= 11 is 0. The Kier molecular flexibility index (Phi) is 4.39. The van der Waals surface area contributed by atoms with Crippen LogP contribution in [0.25, 0.3) is 0 Å². The van der Waals surface area contributed by atoms with Gasteiger partial charge in [0.1, 0.15) is 11.4 Å². The van der Waals surface area contributed by atoms with E-state index in [1.54, 1.807) is 18.2 Å². The number of nitrogens with one attached hydrogen (secondary N) is 1. The molecular weight excluding hydrogens is 246 g/mol. The van der Waals surface area contributed by atoms with E-state index in [0.29, 0.717) is 19.4 Å². The van der Waals surface area contributed by atoms with Crippen molar-refractivity contribution in [3.8, 4) is 5.75 Å². The number of aliphatic hydroxyl groups is 1. The van der Waals surface area contributed by atoms with E-state index in [2.05, 4.69) is 5.32 Å². The molecule has 1 aromatic rings. The lowest BCUT2D eigenvalue weighted by Crippen LogP contribution is -2.43. The predicted octanol–water partition coefficient (Wildman–Crippen LogP) is 0.592. The van der Waals surface area contributed by atoms with E-state index in [1.165, 1.54) is 0 Å². The number of hydrogen-bond donors (Lipinski definition) is 3. The van der Waals surface area contributed by atoms with Crippen LogP contribution in [-0.4, -0.2) is 41.5 Å². The Morgan fingerprint density at radius 3 is 2.89 bits per heavy atom. The van der Waals surface area contributed by atoms with Crippen LogP contribution in [0.1, 0.15) is 18.4 Å². The summed E-state index contributed by atoms with van der Waals surface area (Å²) in [4.78, 5) is 11.7. The number of amides is 1. The number of carbonyl (C=O) groups excluding carboxylic acids is 1. The molecule has 1 aliphatic heterocycles. The van der Waals surface area contributed by atoms with E-state index in [0.717, 1.165) is 5.56 Å². The Bertz CT molecular complexity index is 441. The first-order chi connectivity index (χ1) is 9.09. The van der Waals surface area contributed by atoms with Crippen LogP contribution in [0.2, 0.25) is 0 Å². The third kappa shape index (κ3) is 3.94. The molecule has 1 aromatic carbocycles. The largest absolute Gasteiger partial charge is 0.508 e. The number of phenolic OH excluding ortho intramolecular Hbond substituents is 1. The van der Waals surface area contributed by atoms with E-state index >= 15 is 0 Å². The van der Waals surface area contributed by atoms with Crippen molar-refractivity contribution in [3.63, 3.8) is 0 Å². The van der Waals surface area contributed by atoms with Crippen LogP contribution in [0.5, 0.6) is 5.75 Å². The van der Waals surface area contributed by atoms with Crippen molar-refractivity contribution in [2.24, 2.45) is 0 Å². The summed E-state index contributed by atoms with van der Waals surface area (Å²) in [5, 5.41) is 22.3. The second-order valence-electron chi connectivity index (χ2n) is 4.93. The number of hydrogen-bond acceptors (Lipinski definition) is 4. The maximum atomic E-state index is 11.7. The van der Waals surface area contributed by atoms with Crippen molar-refractivity contribution >= 4 is 5.91 Å². The third-order valence-electron chi connectivity index (χ3n) is 3.31. The quantitative estimate of drug-likeness (QED) is 0.728. The first-order valence-corrected chi connectivity index (χ1v) is 6.43. The average Bonchev–Trinajstić information content (AvgIpc) is 2.83. The number of carbonyl (C=O) groups is 1. The van der Waals surface area contributed by atoms with Gasteiger partial charge in [-0.1, -0.05) is 18.2 Å². The van der Waals surface area contributed by atoms with Gasteiger partial charge in [0.25, 0.3) is 0 Å². The molecule has 1 fully saturated rings. The van der Waals surface area contributed by atoms with Crippen molar-refractivity contribution < 1.29 is 19.7 Å². The molecular formula is C14H19NO4. The molecule has 1 heterocycles. The molecule has 0 spiro atoms. The molecule has 104 valence electrons. The monoisotopic (exact) mass is 265 g/mol. The molecule has 1 atom stereocenters. The number of benzene rings is 1. The summed E-state index contributed by atoms with van der Waals surface area (Å²) in [5.74, 6) is 0.0710. The van der Waals surface area contributed by atoms with Crippen LogP contribution in [-0.2, 0) is 16.0 Å². The second-order valence-corrected chi connectivity index (χ2v) is 4.93. The molecule has 1 aliphatic rings. The lowest BCUT2D eigenvalue weighted by molar-refractivity contribution is -0.122. The minimum atomic E-state index is -0.926. The van der Waals surface area contributed by atoms with E-state index in [-0.39, 0.29) is 31.2 Å². The van der Waals surface area contributed by atoms with Crippen LogP contribution in [0, 0.1) is 0 Å². The van der Waals surface area contributed by atoms with Crippen molar-refractivity contribution in [3.05, 3.63) is 29.8 Å². The molecule has 0 aliphatic carbocycles. The van der Waals surface area contributed by atoms with Crippen molar-refractivity contribution in [2.75, 3.05) is 19.8 Å². The fourth-order valence-corrected chi connectivity index (χ4v) is 2.06. The standard InChI is InChI=1S/C14H19NO4/c16-12-4-2-1-3-11(12)5-6-13(17)15-9-14(18)7-8-19-10-14/h1-4,16,18H,5-10H2,(H,15,17). The smallest absolute Gasteiger partial charge is 0.220 e. The Morgan fingerprint density at radius 1 is 1.42 bits per heavy atom. The number of para-hydroxylation sites is 1. The zero-order chi connectivity index (χ0) is 13.7. The minimum Gasteiger partial charge on any atom is -0.508 e. The van der Waals surface area contributed by atoms with Gasteiger partial charge in [-0.25, -0.2) is 0 Å². The SMILES string of the molecule is O=C(CCc1ccccc1O)NCC1(O)CCOC1.